The second kappa shape index (κ2) is 6.58. The van der Waals surface area contributed by atoms with Gasteiger partial charge in [0.2, 0.25) is 0 Å². The van der Waals surface area contributed by atoms with Crippen LogP contribution in [-0.2, 0) is 6.42 Å². The molecule has 0 spiro atoms. The quantitative estimate of drug-likeness (QED) is 0.839. The molecule has 1 heterocycles. The first-order valence-electron chi connectivity index (χ1n) is 7.03. The van der Waals surface area contributed by atoms with Crippen LogP contribution < -0.4 is 5.32 Å². The third kappa shape index (κ3) is 3.71. The molecule has 102 valence electrons. The van der Waals surface area contributed by atoms with Gasteiger partial charge in [-0.2, -0.15) is 0 Å². The summed E-state index contributed by atoms with van der Waals surface area (Å²) in [5.74, 6) is 1.06. The topological polar surface area (TPSA) is 25.2 Å². The van der Waals surface area contributed by atoms with E-state index in [0.717, 1.165) is 25.1 Å². The monoisotopic (exact) mass is 257 g/mol. The molecule has 19 heavy (non-hydrogen) atoms. The Morgan fingerprint density at radius 3 is 2.68 bits per heavy atom. The normalized spacial score (nSPS) is 12.6. The van der Waals surface area contributed by atoms with Crippen molar-refractivity contribution in [1.29, 1.82) is 0 Å². The maximum atomic E-state index is 5.42. The van der Waals surface area contributed by atoms with E-state index < -0.39 is 0 Å². The van der Waals surface area contributed by atoms with Crippen LogP contribution in [0, 0.1) is 13.8 Å². The van der Waals surface area contributed by atoms with Gasteiger partial charge in [0.1, 0.15) is 5.76 Å². The van der Waals surface area contributed by atoms with E-state index in [1.807, 2.05) is 12.1 Å². The highest BCUT2D eigenvalue weighted by Crippen LogP contribution is 2.23. The maximum absolute atomic E-state index is 5.42. The summed E-state index contributed by atoms with van der Waals surface area (Å²) in [5.41, 5.74) is 4.09. The molecule has 2 heteroatoms. The van der Waals surface area contributed by atoms with Gasteiger partial charge >= 0.3 is 0 Å². The van der Waals surface area contributed by atoms with Crippen molar-refractivity contribution >= 4 is 0 Å². The summed E-state index contributed by atoms with van der Waals surface area (Å²) in [7, 11) is 0. The van der Waals surface area contributed by atoms with E-state index in [4.69, 9.17) is 4.42 Å². The van der Waals surface area contributed by atoms with Gasteiger partial charge in [-0.15, -0.1) is 0 Å². The van der Waals surface area contributed by atoms with Crippen molar-refractivity contribution in [3.8, 4) is 0 Å². The standard InChI is InChI=1S/C17H23NO/c1-4-18-17(10-8-15-6-5-11-19-15)16-9-7-13(2)12-14(16)3/h5-7,9,11-12,17-18H,4,8,10H2,1-3H3. The van der Waals surface area contributed by atoms with Gasteiger partial charge in [-0.05, 0) is 50.1 Å². The average Bonchev–Trinajstić information content (AvgIpc) is 2.88. The van der Waals surface area contributed by atoms with E-state index in [-0.39, 0.29) is 0 Å². The number of rotatable bonds is 6. The minimum atomic E-state index is 0.399. The van der Waals surface area contributed by atoms with Gasteiger partial charge in [0.05, 0.1) is 6.26 Å². The van der Waals surface area contributed by atoms with Crippen LogP contribution in [0.2, 0.25) is 0 Å². The smallest absolute Gasteiger partial charge is 0.103 e. The molecule has 0 aliphatic carbocycles. The van der Waals surface area contributed by atoms with Crippen molar-refractivity contribution in [3.05, 3.63) is 59.0 Å². The first kappa shape index (κ1) is 13.9. The van der Waals surface area contributed by atoms with Gasteiger partial charge in [0.15, 0.2) is 0 Å². The lowest BCUT2D eigenvalue weighted by atomic mass is 9.95. The third-order valence-corrected chi connectivity index (χ3v) is 3.51. The lowest BCUT2D eigenvalue weighted by Crippen LogP contribution is -2.22. The number of hydrogen-bond donors (Lipinski definition) is 1. The summed E-state index contributed by atoms with van der Waals surface area (Å²) in [6.07, 6.45) is 3.78. The molecule has 1 N–H and O–H groups in total. The van der Waals surface area contributed by atoms with Crippen molar-refractivity contribution in [2.75, 3.05) is 6.54 Å². The fourth-order valence-corrected chi connectivity index (χ4v) is 2.57. The zero-order valence-electron chi connectivity index (χ0n) is 12.1. The largest absolute Gasteiger partial charge is 0.469 e. The van der Waals surface area contributed by atoms with Gasteiger partial charge in [-0.3, -0.25) is 0 Å². The molecule has 1 aromatic carbocycles. The summed E-state index contributed by atoms with van der Waals surface area (Å²) in [6.45, 7) is 7.47. The van der Waals surface area contributed by atoms with Gasteiger partial charge in [-0.1, -0.05) is 30.7 Å². The maximum Gasteiger partial charge on any atom is 0.103 e. The minimum Gasteiger partial charge on any atom is -0.469 e. The molecule has 0 radical (unpaired) electrons. The average molecular weight is 257 g/mol. The SMILES string of the molecule is CCNC(CCc1ccco1)c1ccc(C)cc1C. The van der Waals surface area contributed by atoms with Crippen molar-refractivity contribution < 1.29 is 4.42 Å². The number of nitrogens with one attached hydrogen (secondary N) is 1. The highest BCUT2D eigenvalue weighted by atomic mass is 16.3. The summed E-state index contributed by atoms with van der Waals surface area (Å²) >= 11 is 0. The third-order valence-electron chi connectivity index (χ3n) is 3.51. The van der Waals surface area contributed by atoms with Crippen molar-refractivity contribution in [2.45, 2.75) is 39.7 Å². The van der Waals surface area contributed by atoms with E-state index in [0.29, 0.717) is 6.04 Å². The molecule has 2 nitrogen and oxygen atoms in total. The Morgan fingerprint density at radius 1 is 1.21 bits per heavy atom. The zero-order valence-corrected chi connectivity index (χ0v) is 12.1. The second-order valence-corrected chi connectivity index (χ2v) is 5.09. The number of hydrogen-bond acceptors (Lipinski definition) is 2. The van der Waals surface area contributed by atoms with Crippen molar-refractivity contribution in [3.63, 3.8) is 0 Å². The summed E-state index contributed by atoms with van der Waals surface area (Å²) < 4.78 is 5.42. The molecule has 2 rings (SSSR count). The molecule has 1 atom stereocenters. The van der Waals surface area contributed by atoms with Crippen LogP contribution in [0.25, 0.3) is 0 Å². The molecule has 1 unspecified atom stereocenters. The molecule has 0 saturated heterocycles. The predicted octanol–water partition coefficient (Wildman–Crippen LogP) is 4.18. The number of furan rings is 1. The highest BCUT2D eigenvalue weighted by Gasteiger charge is 2.13. The van der Waals surface area contributed by atoms with Crippen molar-refractivity contribution in [2.24, 2.45) is 0 Å². The molecule has 1 aromatic heterocycles. The van der Waals surface area contributed by atoms with E-state index in [9.17, 15) is 0 Å². The van der Waals surface area contributed by atoms with Crippen LogP contribution in [0.1, 0.15) is 41.8 Å². The Balaban J connectivity index is 2.10. The first-order valence-corrected chi connectivity index (χ1v) is 7.03. The number of aryl methyl sites for hydroxylation is 3. The summed E-state index contributed by atoms with van der Waals surface area (Å²) in [6, 6.07) is 11.1. The highest BCUT2D eigenvalue weighted by molar-refractivity contribution is 5.32. The van der Waals surface area contributed by atoms with Gasteiger partial charge in [-0.25, -0.2) is 0 Å². The van der Waals surface area contributed by atoms with Crippen molar-refractivity contribution in [1.82, 2.24) is 5.32 Å². The van der Waals surface area contributed by atoms with E-state index in [2.05, 4.69) is 44.3 Å². The molecule has 0 fully saturated rings. The van der Waals surface area contributed by atoms with Gasteiger partial charge in [0, 0.05) is 12.5 Å². The number of benzene rings is 1. The molecule has 0 aliphatic rings. The van der Waals surface area contributed by atoms with Crippen LogP contribution in [0.3, 0.4) is 0 Å². The molecular formula is C17H23NO. The molecular weight excluding hydrogens is 234 g/mol. The molecule has 0 amide bonds. The molecule has 2 aromatic rings. The van der Waals surface area contributed by atoms with Crippen LogP contribution in [0.4, 0.5) is 0 Å². The Labute approximate surface area is 115 Å². The Hall–Kier alpha value is -1.54. The van der Waals surface area contributed by atoms with Gasteiger partial charge in [0.25, 0.3) is 0 Å². The summed E-state index contributed by atoms with van der Waals surface area (Å²) in [5, 5.41) is 3.58. The molecule has 0 saturated carbocycles. The Bertz CT molecular complexity index is 502. The van der Waals surface area contributed by atoms with Crippen LogP contribution in [-0.4, -0.2) is 6.54 Å². The second-order valence-electron chi connectivity index (χ2n) is 5.09. The lowest BCUT2D eigenvalue weighted by Gasteiger charge is -2.20. The lowest BCUT2D eigenvalue weighted by molar-refractivity contribution is 0.457. The van der Waals surface area contributed by atoms with Crippen LogP contribution >= 0.6 is 0 Å². The van der Waals surface area contributed by atoms with Crippen LogP contribution in [0.15, 0.2) is 41.0 Å². The van der Waals surface area contributed by atoms with E-state index in [1.165, 1.54) is 16.7 Å². The fourth-order valence-electron chi connectivity index (χ4n) is 2.57. The summed E-state index contributed by atoms with van der Waals surface area (Å²) in [4.78, 5) is 0. The minimum absolute atomic E-state index is 0.399. The van der Waals surface area contributed by atoms with E-state index >= 15 is 0 Å². The molecule has 0 aliphatic heterocycles. The Morgan fingerprint density at radius 2 is 2.05 bits per heavy atom. The zero-order chi connectivity index (χ0) is 13.7. The van der Waals surface area contributed by atoms with E-state index in [1.54, 1.807) is 6.26 Å². The fraction of sp³-hybridized carbons (Fsp3) is 0.412. The van der Waals surface area contributed by atoms with Crippen LogP contribution in [0.5, 0.6) is 0 Å². The van der Waals surface area contributed by atoms with Gasteiger partial charge < -0.3 is 9.73 Å². The Kier molecular flexibility index (Phi) is 4.80. The predicted molar refractivity (Wildman–Crippen MR) is 79.4 cm³/mol. The molecule has 0 bridgehead atoms. The first-order chi connectivity index (χ1) is 9.20.